The Morgan fingerprint density at radius 3 is 2.68 bits per heavy atom. The van der Waals surface area contributed by atoms with Crippen LogP contribution >= 0.6 is 0 Å². The summed E-state index contributed by atoms with van der Waals surface area (Å²) in [4.78, 5) is 0. The number of fused-ring (bicyclic) bond motifs is 5. The first-order valence-corrected chi connectivity index (χ1v) is 9.89. The molecule has 0 aromatic carbocycles. The highest BCUT2D eigenvalue weighted by atomic mass is 15.0. The summed E-state index contributed by atoms with van der Waals surface area (Å²) in [5.74, 6) is 3.68. The highest BCUT2D eigenvalue weighted by molar-refractivity contribution is 5.24. The molecule has 1 nitrogen and oxygen atoms in total. The predicted molar refractivity (Wildman–Crippen MR) is 93.7 cm³/mol. The van der Waals surface area contributed by atoms with Gasteiger partial charge in [-0.15, -0.1) is 0 Å². The van der Waals surface area contributed by atoms with Crippen molar-refractivity contribution >= 4 is 0 Å². The Morgan fingerprint density at radius 1 is 1.09 bits per heavy atom. The van der Waals surface area contributed by atoms with Crippen molar-refractivity contribution in [3.63, 3.8) is 0 Å². The van der Waals surface area contributed by atoms with Crippen LogP contribution in [0.4, 0.5) is 0 Å². The first-order chi connectivity index (χ1) is 10.4. The quantitative estimate of drug-likeness (QED) is 0.659. The minimum atomic E-state index is 0.520. The van der Waals surface area contributed by atoms with E-state index in [1.54, 1.807) is 5.57 Å². The average molecular weight is 302 g/mol. The Hall–Kier alpha value is -0.300. The van der Waals surface area contributed by atoms with Crippen molar-refractivity contribution in [1.82, 2.24) is 5.32 Å². The summed E-state index contributed by atoms with van der Waals surface area (Å²) >= 11 is 0. The molecule has 1 aliphatic heterocycles. The Morgan fingerprint density at radius 2 is 1.91 bits per heavy atom. The second kappa shape index (κ2) is 5.10. The molecule has 1 N–H and O–H groups in total. The molecule has 124 valence electrons. The third-order valence-corrected chi connectivity index (χ3v) is 8.30. The van der Waals surface area contributed by atoms with Crippen molar-refractivity contribution < 1.29 is 0 Å². The molecule has 3 aliphatic carbocycles. The van der Waals surface area contributed by atoms with E-state index in [0.29, 0.717) is 10.8 Å². The molecular formula is C21H35N. The standard InChI is InChI=1S/C21H35N/c1-14(2)15-12-18-16-6-7-19-21(4,9-5-11-22-19)17(16)8-10-20(18,3)13-15/h13-14,16-19,22H,5-12H2,1-4H3/t16-,17+,18+,19?,20-,21-/m1/s1. The van der Waals surface area contributed by atoms with E-state index in [2.05, 4.69) is 39.1 Å². The molecule has 2 saturated carbocycles. The van der Waals surface area contributed by atoms with Crippen molar-refractivity contribution in [2.75, 3.05) is 6.54 Å². The first kappa shape index (κ1) is 15.2. The molecule has 1 heterocycles. The van der Waals surface area contributed by atoms with Crippen LogP contribution in [-0.4, -0.2) is 12.6 Å². The summed E-state index contributed by atoms with van der Waals surface area (Å²) in [7, 11) is 0. The van der Waals surface area contributed by atoms with Crippen LogP contribution in [0, 0.1) is 34.5 Å². The molecule has 3 fully saturated rings. The lowest BCUT2D eigenvalue weighted by molar-refractivity contribution is -0.0781. The number of allylic oxidation sites excluding steroid dienone is 2. The van der Waals surface area contributed by atoms with Crippen LogP contribution in [-0.2, 0) is 0 Å². The van der Waals surface area contributed by atoms with Gasteiger partial charge in [0.25, 0.3) is 0 Å². The van der Waals surface area contributed by atoms with E-state index >= 15 is 0 Å². The summed E-state index contributed by atoms with van der Waals surface area (Å²) < 4.78 is 0. The van der Waals surface area contributed by atoms with Crippen molar-refractivity contribution in [2.45, 2.75) is 78.7 Å². The van der Waals surface area contributed by atoms with E-state index in [9.17, 15) is 0 Å². The van der Waals surface area contributed by atoms with Gasteiger partial charge in [0.05, 0.1) is 0 Å². The van der Waals surface area contributed by atoms with Gasteiger partial charge in [0.2, 0.25) is 0 Å². The molecule has 6 atom stereocenters. The zero-order valence-corrected chi connectivity index (χ0v) is 15.1. The van der Waals surface area contributed by atoms with Gasteiger partial charge in [-0.1, -0.05) is 39.3 Å². The van der Waals surface area contributed by atoms with E-state index in [4.69, 9.17) is 0 Å². The largest absolute Gasteiger partial charge is 0.313 e. The first-order valence-electron chi connectivity index (χ1n) is 9.89. The molecule has 0 aromatic rings. The van der Waals surface area contributed by atoms with Crippen LogP contribution < -0.4 is 5.32 Å². The Bertz CT molecular complexity index is 478. The Balaban J connectivity index is 1.62. The van der Waals surface area contributed by atoms with Crippen LogP contribution in [0.1, 0.15) is 72.6 Å². The Kier molecular flexibility index (Phi) is 3.53. The topological polar surface area (TPSA) is 12.0 Å². The van der Waals surface area contributed by atoms with Gasteiger partial charge in [-0.3, -0.25) is 0 Å². The lowest BCUT2D eigenvalue weighted by Gasteiger charge is -2.59. The number of rotatable bonds is 1. The summed E-state index contributed by atoms with van der Waals surface area (Å²) in [5.41, 5.74) is 2.87. The molecule has 1 saturated heterocycles. The molecule has 0 amide bonds. The molecule has 1 heteroatoms. The van der Waals surface area contributed by atoms with Gasteiger partial charge in [0.1, 0.15) is 0 Å². The van der Waals surface area contributed by atoms with E-state index in [1.807, 2.05) is 0 Å². The molecule has 4 aliphatic rings. The maximum atomic E-state index is 3.88. The zero-order valence-electron chi connectivity index (χ0n) is 15.1. The summed E-state index contributed by atoms with van der Waals surface area (Å²) in [6.45, 7) is 11.3. The third kappa shape index (κ3) is 2.07. The van der Waals surface area contributed by atoms with E-state index in [-0.39, 0.29) is 0 Å². The fourth-order valence-electron chi connectivity index (χ4n) is 6.95. The summed E-state index contributed by atoms with van der Waals surface area (Å²) in [6, 6.07) is 0.811. The van der Waals surface area contributed by atoms with Gasteiger partial charge in [-0.25, -0.2) is 0 Å². The molecule has 0 radical (unpaired) electrons. The maximum absolute atomic E-state index is 3.88. The minimum Gasteiger partial charge on any atom is -0.313 e. The van der Waals surface area contributed by atoms with Gasteiger partial charge < -0.3 is 5.32 Å². The van der Waals surface area contributed by atoms with Crippen LogP contribution in [0.15, 0.2) is 11.6 Å². The summed E-state index contributed by atoms with van der Waals surface area (Å²) in [5, 5.41) is 3.88. The van der Waals surface area contributed by atoms with Crippen molar-refractivity contribution in [1.29, 1.82) is 0 Å². The molecule has 4 rings (SSSR count). The smallest absolute Gasteiger partial charge is 0.0124 e. The fraction of sp³-hybridized carbons (Fsp3) is 0.905. The van der Waals surface area contributed by atoms with E-state index in [0.717, 1.165) is 29.7 Å². The molecular weight excluding hydrogens is 266 g/mol. The minimum absolute atomic E-state index is 0.520. The number of nitrogens with one attached hydrogen (secondary N) is 1. The second-order valence-corrected chi connectivity index (χ2v) is 9.69. The van der Waals surface area contributed by atoms with Gasteiger partial charge in [0, 0.05) is 6.04 Å². The van der Waals surface area contributed by atoms with Crippen LogP contribution in [0.3, 0.4) is 0 Å². The molecule has 0 aromatic heterocycles. The predicted octanol–water partition coefficient (Wildman–Crippen LogP) is 5.17. The van der Waals surface area contributed by atoms with Crippen LogP contribution in [0.5, 0.6) is 0 Å². The average Bonchev–Trinajstić information content (AvgIpc) is 2.84. The van der Waals surface area contributed by atoms with Gasteiger partial charge >= 0.3 is 0 Å². The number of hydrogen-bond acceptors (Lipinski definition) is 1. The van der Waals surface area contributed by atoms with Gasteiger partial charge in [-0.05, 0) is 86.0 Å². The van der Waals surface area contributed by atoms with Crippen LogP contribution in [0.2, 0.25) is 0 Å². The normalized spacial score (nSPS) is 51.0. The number of hydrogen-bond donors (Lipinski definition) is 1. The molecule has 0 spiro atoms. The zero-order chi connectivity index (χ0) is 15.5. The van der Waals surface area contributed by atoms with Crippen molar-refractivity contribution in [3.05, 3.63) is 11.6 Å². The lowest BCUT2D eigenvalue weighted by Crippen LogP contribution is -2.59. The highest BCUT2D eigenvalue weighted by Gasteiger charge is 2.57. The molecule has 22 heavy (non-hydrogen) atoms. The highest BCUT2D eigenvalue weighted by Crippen LogP contribution is 2.63. The van der Waals surface area contributed by atoms with E-state index < -0.39 is 0 Å². The van der Waals surface area contributed by atoms with Gasteiger partial charge in [0.15, 0.2) is 0 Å². The lowest BCUT2D eigenvalue weighted by atomic mass is 9.48. The van der Waals surface area contributed by atoms with Gasteiger partial charge in [-0.2, -0.15) is 0 Å². The Labute approximate surface area is 137 Å². The monoisotopic (exact) mass is 301 g/mol. The maximum Gasteiger partial charge on any atom is 0.0124 e. The molecule has 0 bridgehead atoms. The third-order valence-electron chi connectivity index (χ3n) is 8.30. The SMILES string of the molecule is CC(C)C1=C[C@@]2(C)CC[C@H]3[C@@H](CCC4NCCC[C@@]43C)[C@@H]2C1. The van der Waals surface area contributed by atoms with Crippen LogP contribution in [0.25, 0.3) is 0 Å². The summed E-state index contributed by atoms with van der Waals surface area (Å²) in [6.07, 6.45) is 12.8. The molecule has 1 unspecified atom stereocenters. The van der Waals surface area contributed by atoms with E-state index in [1.165, 1.54) is 51.5 Å². The van der Waals surface area contributed by atoms with Crippen molar-refractivity contribution in [2.24, 2.45) is 34.5 Å². The fourth-order valence-corrected chi connectivity index (χ4v) is 6.95. The number of piperidine rings is 1. The second-order valence-electron chi connectivity index (χ2n) is 9.69. The van der Waals surface area contributed by atoms with Crippen molar-refractivity contribution in [3.8, 4) is 0 Å².